The van der Waals surface area contributed by atoms with Crippen LogP contribution in [-0.2, 0) is 14.8 Å². The summed E-state index contributed by atoms with van der Waals surface area (Å²) in [7, 11) is -2.45. The Kier molecular flexibility index (Phi) is 6.54. The summed E-state index contributed by atoms with van der Waals surface area (Å²) in [5.41, 5.74) is 1.14. The molecule has 0 spiro atoms. The van der Waals surface area contributed by atoms with E-state index in [1.165, 1.54) is 32.2 Å². The van der Waals surface area contributed by atoms with Crippen LogP contribution in [0.5, 0.6) is 5.75 Å². The molecule has 0 bridgehead atoms. The molecule has 2 rings (SSSR count). The molecule has 0 aromatic heterocycles. The first-order valence-electron chi connectivity index (χ1n) is 8.13. The Hall–Kier alpha value is -2.91. The lowest BCUT2D eigenvalue weighted by atomic mass is 10.2. The highest BCUT2D eigenvalue weighted by Crippen LogP contribution is 2.25. The molecule has 2 amide bonds. The maximum Gasteiger partial charge on any atom is 0.255 e. The highest BCUT2D eigenvalue weighted by molar-refractivity contribution is 7.89. The highest BCUT2D eigenvalue weighted by atomic mass is 32.2. The van der Waals surface area contributed by atoms with Crippen LogP contribution < -0.4 is 20.1 Å². The van der Waals surface area contributed by atoms with Crippen molar-refractivity contribution in [3.8, 4) is 5.75 Å². The molecule has 0 aliphatic carbocycles. The minimum atomic E-state index is -3.80. The molecule has 0 atom stereocenters. The fourth-order valence-electron chi connectivity index (χ4n) is 2.38. The molecule has 2 aromatic carbocycles. The van der Waals surface area contributed by atoms with E-state index in [-0.39, 0.29) is 28.7 Å². The first-order valence-corrected chi connectivity index (χ1v) is 9.62. The molecule has 0 aliphatic heterocycles. The van der Waals surface area contributed by atoms with Gasteiger partial charge in [0.05, 0.1) is 7.11 Å². The summed E-state index contributed by atoms with van der Waals surface area (Å²) in [4.78, 5) is 23.6. The average molecular weight is 391 g/mol. The molecule has 3 N–H and O–H groups in total. The van der Waals surface area contributed by atoms with Crippen LogP contribution in [-0.4, -0.2) is 33.9 Å². The van der Waals surface area contributed by atoms with Crippen molar-refractivity contribution in [3.05, 3.63) is 48.0 Å². The second-order valence-corrected chi connectivity index (χ2v) is 7.32. The van der Waals surface area contributed by atoms with Crippen molar-refractivity contribution < 1.29 is 22.7 Å². The highest BCUT2D eigenvalue weighted by Gasteiger charge is 2.21. The van der Waals surface area contributed by atoms with Crippen molar-refractivity contribution in [1.29, 1.82) is 0 Å². The summed E-state index contributed by atoms with van der Waals surface area (Å²) in [6, 6.07) is 10.8. The summed E-state index contributed by atoms with van der Waals surface area (Å²) in [6.07, 6.45) is 0. The van der Waals surface area contributed by atoms with Crippen molar-refractivity contribution in [2.24, 2.45) is 0 Å². The van der Waals surface area contributed by atoms with Crippen molar-refractivity contribution in [2.75, 3.05) is 24.3 Å². The van der Waals surface area contributed by atoms with Crippen molar-refractivity contribution in [3.63, 3.8) is 0 Å². The van der Waals surface area contributed by atoms with Gasteiger partial charge in [0.1, 0.15) is 10.6 Å². The minimum Gasteiger partial charge on any atom is -0.495 e. The Morgan fingerprint density at radius 1 is 1.04 bits per heavy atom. The van der Waals surface area contributed by atoms with Crippen LogP contribution >= 0.6 is 0 Å². The van der Waals surface area contributed by atoms with Gasteiger partial charge in [-0.25, -0.2) is 13.1 Å². The number of hydrogen-bond donors (Lipinski definition) is 3. The van der Waals surface area contributed by atoms with Crippen LogP contribution in [0.3, 0.4) is 0 Å². The number of carbonyl (C=O) groups excluding carboxylic acids is 2. The van der Waals surface area contributed by atoms with Gasteiger partial charge in [-0.3, -0.25) is 9.59 Å². The molecule has 27 heavy (non-hydrogen) atoms. The summed E-state index contributed by atoms with van der Waals surface area (Å²) in [6.45, 7) is 3.25. The molecule has 0 saturated heterocycles. The lowest BCUT2D eigenvalue weighted by molar-refractivity contribution is -0.114. The first-order chi connectivity index (χ1) is 12.8. The van der Waals surface area contributed by atoms with Crippen LogP contribution in [0.2, 0.25) is 0 Å². The van der Waals surface area contributed by atoms with Crippen molar-refractivity contribution >= 4 is 33.2 Å². The molecule has 0 aliphatic rings. The van der Waals surface area contributed by atoms with Gasteiger partial charge >= 0.3 is 0 Å². The van der Waals surface area contributed by atoms with E-state index in [1.807, 2.05) is 0 Å². The van der Waals surface area contributed by atoms with Gasteiger partial charge in [-0.15, -0.1) is 0 Å². The molecule has 8 nitrogen and oxygen atoms in total. The Labute approximate surface area is 158 Å². The molecule has 0 fully saturated rings. The standard InChI is InChI=1S/C18H21N3O5S/c1-4-19-27(24,25)17-10-13(8-9-16(17)26-3)18(23)21-15-7-5-6-14(11-15)20-12(2)22/h5-11,19H,4H2,1-3H3,(H,20,22)(H,21,23). The third-order valence-corrected chi connectivity index (χ3v) is 5.06. The monoisotopic (exact) mass is 391 g/mol. The number of rotatable bonds is 7. The fourth-order valence-corrected chi connectivity index (χ4v) is 3.61. The number of amides is 2. The third-order valence-electron chi connectivity index (χ3n) is 3.49. The van der Waals surface area contributed by atoms with Crippen molar-refractivity contribution in [1.82, 2.24) is 4.72 Å². The van der Waals surface area contributed by atoms with E-state index in [1.54, 1.807) is 31.2 Å². The zero-order chi connectivity index (χ0) is 20.0. The largest absolute Gasteiger partial charge is 0.495 e. The number of anilines is 2. The molecular formula is C18H21N3O5S. The van der Waals surface area contributed by atoms with Gasteiger partial charge in [-0.1, -0.05) is 13.0 Å². The second-order valence-electron chi connectivity index (χ2n) is 5.58. The van der Waals surface area contributed by atoms with Gasteiger partial charge in [-0.2, -0.15) is 0 Å². The van der Waals surface area contributed by atoms with Crippen LogP contribution in [0, 0.1) is 0 Å². The lowest BCUT2D eigenvalue weighted by Gasteiger charge is -2.12. The normalized spacial score (nSPS) is 10.9. The van der Waals surface area contributed by atoms with Crippen molar-refractivity contribution in [2.45, 2.75) is 18.7 Å². The third kappa shape index (κ3) is 5.28. The van der Waals surface area contributed by atoms with Crippen LogP contribution in [0.25, 0.3) is 0 Å². The Bertz CT molecular complexity index is 957. The van der Waals surface area contributed by atoms with E-state index < -0.39 is 15.9 Å². The Balaban J connectivity index is 2.30. The quantitative estimate of drug-likeness (QED) is 0.670. The van der Waals surface area contributed by atoms with Gasteiger partial charge in [-0.05, 0) is 36.4 Å². The van der Waals surface area contributed by atoms with Gasteiger partial charge in [0.25, 0.3) is 5.91 Å². The molecule has 9 heteroatoms. The predicted octanol–water partition coefficient (Wildman–Crippen LogP) is 2.20. The van der Waals surface area contributed by atoms with Crippen LogP contribution in [0.15, 0.2) is 47.4 Å². The van der Waals surface area contributed by atoms with Gasteiger partial charge in [0.15, 0.2) is 0 Å². The summed E-state index contributed by atoms with van der Waals surface area (Å²) >= 11 is 0. The van der Waals surface area contributed by atoms with E-state index in [0.717, 1.165) is 0 Å². The van der Waals surface area contributed by atoms with Gasteiger partial charge in [0.2, 0.25) is 15.9 Å². The fraction of sp³-hybridized carbons (Fsp3) is 0.222. The Morgan fingerprint density at radius 3 is 2.30 bits per heavy atom. The molecular weight excluding hydrogens is 370 g/mol. The molecule has 0 unspecified atom stereocenters. The molecule has 2 aromatic rings. The topological polar surface area (TPSA) is 114 Å². The smallest absolute Gasteiger partial charge is 0.255 e. The number of carbonyl (C=O) groups is 2. The number of hydrogen-bond acceptors (Lipinski definition) is 5. The number of ether oxygens (including phenoxy) is 1. The summed E-state index contributed by atoms with van der Waals surface area (Å²) in [5, 5.41) is 5.30. The maximum absolute atomic E-state index is 12.5. The maximum atomic E-state index is 12.5. The average Bonchev–Trinajstić information content (AvgIpc) is 2.60. The van der Waals surface area contributed by atoms with E-state index in [4.69, 9.17) is 4.74 Å². The number of sulfonamides is 1. The SMILES string of the molecule is CCNS(=O)(=O)c1cc(C(=O)Nc2cccc(NC(C)=O)c2)ccc1OC. The zero-order valence-corrected chi connectivity index (χ0v) is 16.0. The van der Waals surface area contributed by atoms with E-state index in [2.05, 4.69) is 15.4 Å². The summed E-state index contributed by atoms with van der Waals surface area (Å²) in [5.74, 6) is -0.586. The van der Waals surface area contributed by atoms with Crippen LogP contribution in [0.4, 0.5) is 11.4 Å². The second kappa shape index (κ2) is 8.65. The van der Waals surface area contributed by atoms with E-state index in [0.29, 0.717) is 11.4 Å². The predicted molar refractivity (Wildman–Crippen MR) is 103 cm³/mol. The number of nitrogens with one attached hydrogen (secondary N) is 3. The molecule has 0 radical (unpaired) electrons. The lowest BCUT2D eigenvalue weighted by Crippen LogP contribution is -2.24. The molecule has 0 heterocycles. The zero-order valence-electron chi connectivity index (χ0n) is 15.2. The minimum absolute atomic E-state index is 0.119. The van der Waals surface area contributed by atoms with Crippen LogP contribution in [0.1, 0.15) is 24.2 Å². The number of methoxy groups -OCH3 is 1. The van der Waals surface area contributed by atoms with E-state index in [9.17, 15) is 18.0 Å². The number of benzene rings is 2. The molecule has 0 saturated carbocycles. The summed E-state index contributed by atoms with van der Waals surface area (Å²) < 4.78 is 32.1. The van der Waals surface area contributed by atoms with Gasteiger partial charge < -0.3 is 15.4 Å². The Morgan fingerprint density at radius 2 is 1.70 bits per heavy atom. The van der Waals surface area contributed by atoms with E-state index >= 15 is 0 Å². The molecule has 144 valence electrons. The first kappa shape index (κ1) is 20.4. The van der Waals surface area contributed by atoms with Gasteiger partial charge in [0, 0.05) is 30.4 Å².